The number of aryl methyl sites for hydroxylation is 2. The predicted octanol–water partition coefficient (Wildman–Crippen LogP) is 4.99. The van der Waals surface area contributed by atoms with Crippen LogP contribution in [0.1, 0.15) is 29.2 Å². The van der Waals surface area contributed by atoms with Gasteiger partial charge in [-0.25, -0.2) is 0 Å². The minimum Gasteiger partial charge on any atom is -0.392 e. The van der Waals surface area contributed by atoms with E-state index < -0.39 is 0 Å². The van der Waals surface area contributed by atoms with Gasteiger partial charge in [0.25, 0.3) is 0 Å². The van der Waals surface area contributed by atoms with Crippen molar-refractivity contribution in [2.45, 2.75) is 33.3 Å². The summed E-state index contributed by atoms with van der Waals surface area (Å²) in [6, 6.07) is 16.1. The summed E-state index contributed by atoms with van der Waals surface area (Å²) < 4.78 is 0. The molecule has 120 valence electrons. The van der Waals surface area contributed by atoms with E-state index in [4.69, 9.17) is 16.7 Å². The molecule has 4 heteroatoms. The van der Waals surface area contributed by atoms with Crippen LogP contribution in [0.4, 0.5) is 0 Å². The summed E-state index contributed by atoms with van der Waals surface area (Å²) in [5.41, 5.74) is 4.67. The van der Waals surface area contributed by atoms with Crippen molar-refractivity contribution < 1.29 is 9.90 Å². The Kier molecular flexibility index (Phi) is 11.5. The van der Waals surface area contributed by atoms with E-state index in [2.05, 4.69) is 30.7 Å². The van der Waals surface area contributed by atoms with Crippen molar-refractivity contribution in [2.24, 2.45) is 0 Å². The predicted molar refractivity (Wildman–Crippen MR) is 94.4 cm³/mol. The number of hydrogen-bond donors (Lipinski definition) is 1. The van der Waals surface area contributed by atoms with Crippen LogP contribution in [0.15, 0.2) is 48.5 Å². The van der Waals surface area contributed by atoms with Gasteiger partial charge in [-0.05, 0) is 36.6 Å². The normalized spacial score (nSPS) is 9.00. The summed E-state index contributed by atoms with van der Waals surface area (Å²) in [6.07, 6.45) is 0. The zero-order chi connectivity index (χ0) is 17.0. The molecular weight excluding hydrogens is 319 g/mol. The van der Waals surface area contributed by atoms with Crippen LogP contribution in [0.3, 0.4) is 0 Å². The molecule has 0 atom stereocenters. The van der Waals surface area contributed by atoms with E-state index in [1.54, 1.807) is 0 Å². The maximum absolute atomic E-state index is 9.21. The lowest BCUT2D eigenvalue weighted by Crippen LogP contribution is -1.80. The lowest BCUT2D eigenvalue weighted by Gasteiger charge is -1.93. The van der Waals surface area contributed by atoms with Crippen LogP contribution in [0.2, 0.25) is 0 Å². The Hall–Kier alpha value is -1.35. The highest BCUT2D eigenvalue weighted by Crippen LogP contribution is 2.04. The van der Waals surface area contributed by atoms with Crippen molar-refractivity contribution in [1.29, 1.82) is 0 Å². The SMILES string of the molecule is CC(=O)Cl.Cc1ccc(CCl)cc1.Cc1ccc(CO)cc1. The molecule has 0 radical (unpaired) electrons. The summed E-state index contributed by atoms with van der Waals surface area (Å²) in [6.45, 7) is 5.53. The van der Waals surface area contributed by atoms with Crippen LogP contribution in [0, 0.1) is 13.8 Å². The second-order valence-corrected chi connectivity index (χ2v) is 5.53. The van der Waals surface area contributed by atoms with E-state index in [0.717, 1.165) is 5.56 Å². The number of halogens is 2. The maximum atomic E-state index is 9.21. The van der Waals surface area contributed by atoms with Gasteiger partial charge in [0.1, 0.15) is 0 Å². The Morgan fingerprint density at radius 3 is 1.50 bits per heavy atom. The van der Waals surface area contributed by atoms with E-state index in [-0.39, 0.29) is 11.8 Å². The minimum absolute atomic E-state index is 0.139. The molecule has 0 bridgehead atoms. The summed E-state index contributed by atoms with van der Waals surface area (Å²) in [4.78, 5) is 9.21. The van der Waals surface area contributed by atoms with E-state index in [9.17, 15) is 4.79 Å². The molecule has 0 aliphatic heterocycles. The molecule has 2 aromatic carbocycles. The third-order valence-corrected chi connectivity index (χ3v) is 2.89. The number of alkyl halides is 1. The fraction of sp³-hybridized carbons (Fsp3) is 0.278. The molecule has 0 saturated carbocycles. The van der Waals surface area contributed by atoms with Gasteiger partial charge in [-0.1, -0.05) is 59.7 Å². The molecular formula is C18H22Cl2O2. The van der Waals surface area contributed by atoms with Gasteiger partial charge in [0, 0.05) is 12.8 Å². The van der Waals surface area contributed by atoms with Crippen LogP contribution in [0.5, 0.6) is 0 Å². The first-order valence-electron chi connectivity index (χ1n) is 6.83. The minimum atomic E-state index is -0.361. The third kappa shape index (κ3) is 11.3. The first-order valence-corrected chi connectivity index (χ1v) is 7.74. The summed E-state index contributed by atoms with van der Waals surface area (Å²) in [5, 5.41) is 8.27. The summed E-state index contributed by atoms with van der Waals surface area (Å²) in [5.74, 6) is 0.611. The first-order chi connectivity index (χ1) is 10.4. The molecule has 22 heavy (non-hydrogen) atoms. The van der Waals surface area contributed by atoms with Gasteiger partial charge in [-0.2, -0.15) is 0 Å². The molecule has 2 rings (SSSR count). The van der Waals surface area contributed by atoms with Crippen LogP contribution < -0.4 is 0 Å². The quantitative estimate of drug-likeness (QED) is 0.617. The largest absolute Gasteiger partial charge is 0.392 e. The van der Waals surface area contributed by atoms with Gasteiger partial charge in [-0.15, -0.1) is 11.6 Å². The van der Waals surface area contributed by atoms with E-state index >= 15 is 0 Å². The monoisotopic (exact) mass is 340 g/mol. The molecule has 0 fully saturated rings. The number of benzene rings is 2. The van der Waals surface area contributed by atoms with Gasteiger partial charge in [-0.3, -0.25) is 4.79 Å². The molecule has 2 nitrogen and oxygen atoms in total. The lowest BCUT2D eigenvalue weighted by atomic mass is 10.2. The van der Waals surface area contributed by atoms with Crippen molar-refractivity contribution in [3.8, 4) is 0 Å². The Morgan fingerprint density at radius 2 is 1.23 bits per heavy atom. The number of aliphatic hydroxyl groups is 1. The van der Waals surface area contributed by atoms with Crippen LogP contribution >= 0.6 is 23.2 Å². The fourth-order valence-corrected chi connectivity index (χ4v) is 1.55. The van der Waals surface area contributed by atoms with Crippen molar-refractivity contribution in [1.82, 2.24) is 0 Å². The number of aliphatic hydroxyl groups excluding tert-OH is 1. The van der Waals surface area contributed by atoms with Gasteiger partial charge >= 0.3 is 0 Å². The van der Waals surface area contributed by atoms with Gasteiger partial charge in [0.2, 0.25) is 5.24 Å². The van der Waals surface area contributed by atoms with Crippen LogP contribution in [-0.2, 0) is 17.3 Å². The topological polar surface area (TPSA) is 37.3 Å². The van der Waals surface area contributed by atoms with Gasteiger partial charge in [0.15, 0.2) is 0 Å². The van der Waals surface area contributed by atoms with Crippen molar-refractivity contribution in [2.75, 3.05) is 0 Å². The Balaban J connectivity index is 0.000000326. The molecule has 0 spiro atoms. The van der Waals surface area contributed by atoms with Crippen molar-refractivity contribution in [3.63, 3.8) is 0 Å². The summed E-state index contributed by atoms with van der Waals surface area (Å²) in [7, 11) is 0. The fourth-order valence-electron chi connectivity index (χ4n) is 1.37. The molecule has 2 aromatic rings. The van der Waals surface area contributed by atoms with Gasteiger partial charge in [0.05, 0.1) is 6.61 Å². The van der Waals surface area contributed by atoms with E-state index in [0.29, 0.717) is 5.88 Å². The standard InChI is InChI=1S/C8H9Cl.C8H10O.C2H3ClO/c2*1-7-2-4-8(6-9)5-3-7;1-2(3)4/h2-5H,6H2,1H3;2-5,9H,6H2,1H3;1H3. The number of rotatable bonds is 2. The second kappa shape index (κ2) is 12.2. The average Bonchev–Trinajstić information content (AvgIpc) is 2.49. The third-order valence-electron chi connectivity index (χ3n) is 2.58. The zero-order valence-corrected chi connectivity index (χ0v) is 14.7. The smallest absolute Gasteiger partial charge is 0.218 e. The van der Waals surface area contributed by atoms with E-state index in [1.807, 2.05) is 43.3 Å². The Bertz CT molecular complexity index is 485. The first kappa shape index (κ1) is 20.6. The lowest BCUT2D eigenvalue weighted by molar-refractivity contribution is -0.109. The number of carbonyl (C=O) groups is 1. The molecule has 0 aromatic heterocycles. The highest BCUT2D eigenvalue weighted by molar-refractivity contribution is 6.62. The molecule has 0 saturated heterocycles. The molecule has 1 N–H and O–H groups in total. The van der Waals surface area contributed by atoms with Crippen molar-refractivity contribution in [3.05, 3.63) is 70.8 Å². The Labute approximate surface area is 142 Å². The average molecular weight is 341 g/mol. The molecule has 0 heterocycles. The molecule has 0 amide bonds. The maximum Gasteiger partial charge on any atom is 0.218 e. The van der Waals surface area contributed by atoms with Crippen molar-refractivity contribution >= 4 is 28.4 Å². The van der Waals surface area contributed by atoms with E-state index in [1.165, 1.54) is 23.6 Å². The van der Waals surface area contributed by atoms with Crippen LogP contribution in [-0.4, -0.2) is 10.3 Å². The molecule has 0 aliphatic rings. The van der Waals surface area contributed by atoms with Gasteiger partial charge < -0.3 is 5.11 Å². The molecule has 0 unspecified atom stereocenters. The Morgan fingerprint density at radius 1 is 0.909 bits per heavy atom. The number of carbonyl (C=O) groups excluding carboxylic acids is 1. The van der Waals surface area contributed by atoms with Crippen LogP contribution in [0.25, 0.3) is 0 Å². The highest BCUT2D eigenvalue weighted by Gasteiger charge is 1.86. The number of hydrogen-bond acceptors (Lipinski definition) is 2. The molecule has 0 aliphatic carbocycles. The second-order valence-electron chi connectivity index (χ2n) is 4.73. The highest BCUT2D eigenvalue weighted by atomic mass is 35.5. The summed E-state index contributed by atoms with van der Waals surface area (Å²) >= 11 is 10.2. The zero-order valence-electron chi connectivity index (χ0n) is 13.1.